The van der Waals surface area contributed by atoms with Gasteiger partial charge in [-0.25, -0.2) is 4.39 Å². The van der Waals surface area contributed by atoms with Crippen molar-refractivity contribution in [1.29, 1.82) is 0 Å². The molecule has 2 aromatic heterocycles. The maximum Gasteiger partial charge on any atom is 0.276 e. The van der Waals surface area contributed by atoms with Gasteiger partial charge in [0.15, 0.2) is 0 Å². The molecule has 32 heavy (non-hydrogen) atoms. The molecule has 3 heterocycles. The molecule has 0 unspecified atom stereocenters. The summed E-state index contributed by atoms with van der Waals surface area (Å²) in [4.78, 5) is 17.6. The molecule has 1 aliphatic rings. The van der Waals surface area contributed by atoms with Gasteiger partial charge in [-0.2, -0.15) is 14.9 Å². The fourth-order valence-electron chi connectivity index (χ4n) is 4.25. The Kier molecular flexibility index (Phi) is 5.01. The number of benzene rings is 2. The van der Waals surface area contributed by atoms with Crippen molar-refractivity contribution in [2.75, 3.05) is 38.1 Å². The van der Waals surface area contributed by atoms with Crippen LogP contribution in [0.15, 0.2) is 47.3 Å². The summed E-state index contributed by atoms with van der Waals surface area (Å²) in [7, 11) is 2.14. The second-order valence-electron chi connectivity index (χ2n) is 8.38. The van der Waals surface area contributed by atoms with Gasteiger partial charge in [-0.3, -0.25) is 9.89 Å². The smallest absolute Gasteiger partial charge is 0.276 e. The van der Waals surface area contributed by atoms with E-state index in [0.717, 1.165) is 36.4 Å². The van der Waals surface area contributed by atoms with Crippen LogP contribution in [0.2, 0.25) is 0 Å². The van der Waals surface area contributed by atoms with E-state index in [-0.39, 0.29) is 11.2 Å². The molecular weight excluding hydrogens is 407 g/mol. The first-order chi connectivity index (χ1) is 15.4. The largest absolute Gasteiger partial charge is 0.369 e. The Hall–Kier alpha value is -3.52. The third kappa shape index (κ3) is 3.36. The molecule has 1 aliphatic heterocycles. The van der Waals surface area contributed by atoms with Crippen LogP contribution in [-0.4, -0.2) is 58.1 Å². The first-order valence-electron chi connectivity index (χ1n) is 10.7. The number of aromatic nitrogens is 4. The second kappa shape index (κ2) is 7.87. The number of hydrogen-bond acceptors (Lipinski definition) is 5. The van der Waals surface area contributed by atoms with Gasteiger partial charge in [0.25, 0.3) is 5.56 Å². The fraction of sp³-hybridized carbons (Fsp3) is 0.292. The lowest BCUT2D eigenvalue weighted by atomic mass is 10.1. The van der Waals surface area contributed by atoms with Crippen molar-refractivity contribution in [2.45, 2.75) is 13.8 Å². The van der Waals surface area contributed by atoms with Gasteiger partial charge in [-0.1, -0.05) is 24.3 Å². The third-order valence-corrected chi connectivity index (χ3v) is 6.24. The van der Waals surface area contributed by atoms with Gasteiger partial charge in [0.05, 0.1) is 5.52 Å². The van der Waals surface area contributed by atoms with Crippen LogP contribution in [0, 0.1) is 19.7 Å². The SMILES string of the molecule is Cc1cccc(F)c1-n1nc2c(-c3ccc(N4CCN(C)CC4)cc3)n[nH]c2c(C)c1=O. The number of aromatic amines is 1. The summed E-state index contributed by atoms with van der Waals surface area (Å²) in [5.41, 5.74) is 4.68. The van der Waals surface area contributed by atoms with Gasteiger partial charge in [-0.05, 0) is 44.7 Å². The maximum absolute atomic E-state index is 14.6. The predicted octanol–water partition coefficient (Wildman–Crippen LogP) is 3.28. The molecule has 0 atom stereocenters. The highest BCUT2D eigenvalue weighted by atomic mass is 19.1. The number of nitrogens with zero attached hydrogens (tertiary/aromatic N) is 5. The number of fused-ring (bicyclic) bond motifs is 1. The van der Waals surface area contributed by atoms with Gasteiger partial charge >= 0.3 is 0 Å². The van der Waals surface area contributed by atoms with E-state index in [1.165, 1.54) is 11.8 Å². The third-order valence-electron chi connectivity index (χ3n) is 6.24. The quantitative estimate of drug-likeness (QED) is 0.538. The van der Waals surface area contributed by atoms with Crippen molar-refractivity contribution in [2.24, 2.45) is 0 Å². The van der Waals surface area contributed by atoms with Gasteiger partial charge in [-0.15, -0.1) is 0 Å². The van der Waals surface area contributed by atoms with E-state index < -0.39 is 5.82 Å². The number of likely N-dealkylation sites (N-methyl/N-ethyl adjacent to an activating group) is 1. The van der Waals surface area contributed by atoms with E-state index in [1.807, 2.05) is 12.1 Å². The van der Waals surface area contributed by atoms with Crippen molar-refractivity contribution in [3.05, 3.63) is 69.8 Å². The van der Waals surface area contributed by atoms with Crippen molar-refractivity contribution in [3.63, 3.8) is 0 Å². The van der Waals surface area contributed by atoms with E-state index in [2.05, 4.69) is 44.3 Å². The van der Waals surface area contributed by atoms with Crippen LogP contribution in [0.25, 0.3) is 28.0 Å². The minimum atomic E-state index is -0.486. The molecule has 1 N–H and O–H groups in total. The molecule has 2 aromatic carbocycles. The van der Waals surface area contributed by atoms with Gasteiger partial charge in [0.1, 0.15) is 22.7 Å². The molecule has 1 fully saturated rings. The van der Waals surface area contributed by atoms with Crippen molar-refractivity contribution in [3.8, 4) is 16.9 Å². The Morgan fingerprint density at radius 2 is 1.72 bits per heavy atom. The number of para-hydroxylation sites is 1. The minimum absolute atomic E-state index is 0.167. The first kappa shape index (κ1) is 20.4. The molecular formula is C24H25FN6O. The molecule has 5 rings (SSSR count). The molecule has 1 saturated heterocycles. The molecule has 0 aliphatic carbocycles. The summed E-state index contributed by atoms with van der Waals surface area (Å²) in [6.07, 6.45) is 0. The van der Waals surface area contributed by atoms with Crippen LogP contribution in [0.1, 0.15) is 11.1 Å². The van der Waals surface area contributed by atoms with E-state index in [4.69, 9.17) is 0 Å². The molecule has 0 saturated carbocycles. The standard InChI is InChI=1S/C24H25FN6O/c1-15-5-4-6-19(25)23(15)31-24(32)16(2)20-22(28-31)21(27-26-20)17-7-9-18(10-8-17)30-13-11-29(3)12-14-30/h4-10,26H,11-14H2,1-3H3. The number of hydrogen-bond donors (Lipinski definition) is 1. The zero-order valence-electron chi connectivity index (χ0n) is 18.4. The minimum Gasteiger partial charge on any atom is -0.369 e. The van der Waals surface area contributed by atoms with Crippen LogP contribution in [0.4, 0.5) is 10.1 Å². The number of H-pyrrole nitrogens is 1. The van der Waals surface area contributed by atoms with Gasteiger partial charge in [0.2, 0.25) is 0 Å². The Labute approximate surface area is 185 Å². The highest BCUT2D eigenvalue weighted by Gasteiger charge is 2.20. The lowest BCUT2D eigenvalue weighted by Gasteiger charge is -2.34. The van der Waals surface area contributed by atoms with Crippen LogP contribution >= 0.6 is 0 Å². The van der Waals surface area contributed by atoms with Crippen LogP contribution < -0.4 is 10.5 Å². The highest BCUT2D eigenvalue weighted by Crippen LogP contribution is 2.28. The van der Waals surface area contributed by atoms with Gasteiger partial charge < -0.3 is 9.80 Å². The van der Waals surface area contributed by atoms with Crippen molar-refractivity contribution in [1.82, 2.24) is 24.9 Å². The summed E-state index contributed by atoms with van der Waals surface area (Å²) in [5, 5.41) is 11.9. The zero-order chi connectivity index (χ0) is 22.4. The zero-order valence-corrected chi connectivity index (χ0v) is 18.4. The van der Waals surface area contributed by atoms with Crippen molar-refractivity contribution >= 4 is 16.7 Å². The average Bonchev–Trinajstić information content (AvgIpc) is 3.21. The van der Waals surface area contributed by atoms with E-state index >= 15 is 0 Å². The van der Waals surface area contributed by atoms with Crippen LogP contribution in [-0.2, 0) is 0 Å². The number of nitrogens with one attached hydrogen (secondary N) is 1. The fourth-order valence-corrected chi connectivity index (χ4v) is 4.25. The van der Waals surface area contributed by atoms with E-state index in [1.54, 1.807) is 26.0 Å². The number of rotatable bonds is 3. The number of anilines is 1. The Balaban J connectivity index is 1.59. The molecule has 7 nitrogen and oxygen atoms in total. The predicted molar refractivity (Wildman–Crippen MR) is 124 cm³/mol. The average molecular weight is 433 g/mol. The lowest BCUT2D eigenvalue weighted by Crippen LogP contribution is -2.44. The topological polar surface area (TPSA) is 70.1 Å². The van der Waals surface area contributed by atoms with Crippen LogP contribution in [0.3, 0.4) is 0 Å². The highest BCUT2D eigenvalue weighted by molar-refractivity contribution is 5.91. The van der Waals surface area contributed by atoms with E-state index in [9.17, 15) is 9.18 Å². The number of aryl methyl sites for hydroxylation is 2. The number of piperazine rings is 1. The summed E-state index contributed by atoms with van der Waals surface area (Å²) >= 11 is 0. The summed E-state index contributed by atoms with van der Waals surface area (Å²) in [5.74, 6) is -0.486. The Bertz CT molecular complexity index is 1330. The summed E-state index contributed by atoms with van der Waals surface area (Å²) in [6, 6.07) is 12.9. The summed E-state index contributed by atoms with van der Waals surface area (Å²) in [6.45, 7) is 7.55. The Morgan fingerprint density at radius 1 is 1.00 bits per heavy atom. The molecule has 164 valence electrons. The first-order valence-corrected chi connectivity index (χ1v) is 10.7. The molecule has 8 heteroatoms. The van der Waals surface area contributed by atoms with E-state index in [0.29, 0.717) is 27.9 Å². The normalized spacial score (nSPS) is 14.9. The number of halogens is 1. The van der Waals surface area contributed by atoms with Crippen molar-refractivity contribution < 1.29 is 4.39 Å². The molecule has 0 spiro atoms. The second-order valence-corrected chi connectivity index (χ2v) is 8.38. The van der Waals surface area contributed by atoms with Gasteiger partial charge in [0, 0.05) is 43.0 Å². The molecule has 0 amide bonds. The summed E-state index contributed by atoms with van der Waals surface area (Å²) < 4.78 is 15.8. The lowest BCUT2D eigenvalue weighted by molar-refractivity contribution is 0.313. The maximum atomic E-state index is 14.6. The van der Waals surface area contributed by atoms with Crippen LogP contribution in [0.5, 0.6) is 0 Å². The molecule has 0 radical (unpaired) electrons. The monoisotopic (exact) mass is 432 g/mol. The molecule has 4 aromatic rings. The molecule has 0 bridgehead atoms. The Morgan fingerprint density at radius 3 is 2.41 bits per heavy atom.